The zero-order valence-electron chi connectivity index (χ0n) is 24.1. The lowest BCUT2D eigenvalue weighted by Gasteiger charge is -2.20. The van der Waals surface area contributed by atoms with Crippen LogP contribution in [0, 0.1) is 0 Å². The number of para-hydroxylation sites is 2. The van der Waals surface area contributed by atoms with Crippen molar-refractivity contribution in [2.24, 2.45) is 0 Å². The average molecular weight is 565 g/mol. The Morgan fingerprint density at radius 1 is 0.524 bits per heavy atom. The molecule has 0 heterocycles. The van der Waals surface area contributed by atoms with E-state index in [0.29, 0.717) is 38.9 Å². The maximum atomic E-state index is 12.7. The lowest BCUT2D eigenvalue weighted by atomic mass is 9.86. The van der Waals surface area contributed by atoms with E-state index in [1.165, 1.54) is 0 Å². The molecule has 0 aromatic heterocycles. The number of rotatable bonds is 6. The molecule has 4 aromatic rings. The summed E-state index contributed by atoms with van der Waals surface area (Å²) in [6.45, 7) is 4.16. The van der Waals surface area contributed by atoms with Gasteiger partial charge in [0.25, 0.3) is 0 Å². The van der Waals surface area contributed by atoms with Crippen molar-refractivity contribution in [1.82, 2.24) is 0 Å². The molecular formula is C36H36O6. The second kappa shape index (κ2) is 12.9. The zero-order chi connectivity index (χ0) is 29.6. The number of aromatic hydroxyl groups is 2. The quantitative estimate of drug-likeness (QED) is 0.246. The van der Waals surface area contributed by atoms with Crippen LogP contribution in [0.25, 0.3) is 0 Å². The molecular weight excluding hydrogens is 528 g/mol. The van der Waals surface area contributed by atoms with Crippen molar-refractivity contribution in [3.8, 4) is 11.5 Å². The summed E-state index contributed by atoms with van der Waals surface area (Å²) in [6, 6.07) is 23.3. The van der Waals surface area contributed by atoms with Crippen LogP contribution < -0.4 is 0 Å². The monoisotopic (exact) mass is 564 g/mol. The number of hydrogen-bond donors (Lipinski definition) is 2. The van der Waals surface area contributed by atoms with Crippen LogP contribution in [0.1, 0.15) is 69.5 Å². The van der Waals surface area contributed by atoms with Gasteiger partial charge in [0.2, 0.25) is 0 Å². The highest BCUT2D eigenvalue weighted by Crippen LogP contribution is 2.34. The van der Waals surface area contributed by atoms with Gasteiger partial charge in [-0.2, -0.15) is 0 Å². The van der Waals surface area contributed by atoms with Gasteiger partial charge >= 0.3 is 11.9 Å². The number of hydrogen-bond acceptors (Lipinski definition) is 6. The standard InChI is InChI=1S/C36H36O6/c1-3-41-33(37)21-31-23-9-5-10-24(31)18-28-14-8-16-30(36(28)40)20-26-12-6-11-25(32(26)22-34(38)42-4-2)19-29-15-7-13-27(17-23)35(29)39/h5-16,39-40H,3-4,17-22H2,1-2H3. The first kappa shape index (κ1) is 28.9. The summed E-state index contributed by atoms with van der Waals surface area (Å²) in [5, 5.41) is 22.9. The molecule has 5 rings (SSSR count). The molecule has 0 unspecified atom stereocenters. The summed E-state index contributed by atoms with van der Waals surface area (Å²) in [4.78, 5) is 25.4. The van der Waals surface area contributed by atoms with E-state index < -0.39 is 0 Å². The summed E-state index contributed by atoms with van der Waals surface area (Å²) in [5.41, 5.74) is 8.34. The molecule has 1 aliphatic rings. The van der Waals surface area contributed by atoms with Gasteiger partial charge in [0.05, 0.1) is 26.1 Å². The van der Waals surface area contributed by atoms with E-state index in [1.807, 2.05) is 72.8 Å². The Kier molecular flexibility index (Phi) is 8.91. The largest absolute Gasteiger partial charge is 0.507 e. The molecule has 0 saturated carbocycles. The molecule has 42 heavy (non-hydrogen) atoms. The van der Waals surface area contributed by atoms with Crippen molar-refractivity contribution in [3.63, 3.8) is 0 Å². The molecule has 0 spiro atoms. The van der Waals surface area contributed by atoms with Crippen molar-refractivity contribution >= 4 is 11.9 Å². The van der Waals surface area contributed by atoms with Crippen molar-refractivity contribution in [2.75, 3.05) is 13.2 Å². The summed E-state index contributed by atoms with van der Waals surface area (Å²) in [7, 11) is 0. The second-order valence-corrected chi connectivity index (χ2v) is 10.6. The molecule has 1 aliphatic carbocycles. The first-order valence-electron chi connectivity index (χ1n) is 14.5. The van der Waals surface area contributed by atoms with Gasteiger partial charge in [0.15, 0.2) is 0 Å². The minimum atomic E-state index is -0.316. The molecule has 0 fully saturated rings. The molecule has 2 N–H and O–H groups in total. The Morgan fingerprint density at radius 3 is 1.05 bits per heavy atom. The maximum Gasteiger partial charge on any atom is 0.310 e. The summed E-state index contributed by atoms with van der Waals surface area (Å²) >= 11 is 0. The van der Waals surface area contributed by atoms with E-state index in [1.54, 1.807) is 13.8 Å². The van der Waals surface area contributed by atoms with Gasteiger partial charge in [-0.15, -0.1) is 0 Å². The fourth-order valence-corrected chi connectivity index (χ4v) is 5.89. The van der Waals surface area contributed by atoms with Crippen molar-refractivity contribution in [1.29, 1.82) is 0 Å². The summed E-state index contributed by atoms with van der Waals surface area (Å²) in [6.07, 6.45) is 1.88. The molecule has 4 aromatic carbocycles. The summed E-state index contributed by atoms with van der Waals surface area (Å²) < 4.78 is 10.6. The first-order chi connectivity index (χ1) is 20.4. The maximum absolute atomic E-state index is 12.7. The predicted molar refractivity (Wildman–Crippen MR) is 161 cm³/mol. The normalized spacial score (nSPS) is 12.4. The molecule has 0 amide bonds. The van der Waals surface area contributed by atoms with Gasteiger partial charge in [-0.05, 0) is 69.5 Å². The van der Waals surface area contributed by atoms with Crippen LogP contribution in [0.2, 0.25) is 0 Å². The molecule has 6 heteroatoms. The van der Waals surface area contributed by atoms with Gasteiger partial charge in [-0.25, -0.2) is 0 Å². The van der Waals surface area contributed by atoms with E-state index in [4.69, 9.17) is 9.47 Å². The SMILES string of the molecule is CCOC(=O)Cc1c2cccc1Cc1cccc(c1O)Cc1cccc(c1CC(=O)OCC)Cc1cccc(c1O)C2. The van der Waals surface area contributed by atoms with Gasteiger partial charge in [-0.1, -0.05) is 72.8 Å². The second-order valence-electron chi connectivity index (χ2n) is 10.6. The molecule has 216 valence electrons. The Labute approximate surface area is 246 Å². The number of fused-ring (bicyclic) bond motifs is 8. The van der Waals surface area contributed by atoms with Crippen LogP contribution in [0.4, 0.5) is 0 Å². The lowest BCUT2D eigenvalue weighted by Crippen LogP contribution is -2.13. The number of esters is 2. The fourth-order valence-electron chi connectivity index (χ4n) is 5.89. The highest BCUT2D eigenvalue weighted by molar-refractivity contribution is 5.75. The highest BCUT2D eigenvalue weighted by Gasteiger charge is 2.21. The average Bonchev–Trinajstić information content (AvgIpc) is 2.96. The van der Waals surface area contributed by atoms with Gasteiger partial charge in [-0.3, -0.25) is 9.59 Å². The van der Waals surface area contributed by atoms with Crippen LogP contribution in [0.3, 0.4) is 0 Å². The lowest BCUT2D eigenvalue weighted by molar-refractivity contribution is -0.143. The van der Waals surface area contributed by atoms with E-state index >= 15 is 0 Å². The van der Waals surface area contributed by atoms with Gasteiger partial charge < -0.3 is 19.7 Å². The number of phenolic OH excluding ortho intramolecular Hbond substituents is 2. The minimum Gasteiger partial charge on any atom is -0.507 e. The van der Waals surface area contributed by atoms with Crippen LogP contribution in [-0.2, 0) is 57.6 Å². The zero-order valence-corrected chi connectivity index (χ0v) is 24.1. The third-order valence-corrected chi connectivity index (χ3v) is 7.92. The van der Waals surface area contributed by atoms with Crippen molar-refractivity contribution < 1.29 is 29.3 Å². The highest BCUT2D eigenvalue weighted by atomic mass is 16.5. The van der Waals surface area contributed by atoms with Crippen molar-refractivity contribution in [3.05, 3.63) is 128 Å². The van der Waals surface area contributed by atoms with Crippen molar-refractivity contribution in [2.45, 2.75) is 52.4 Å². The number of carbonyl (C=O) groups is 2. The van der Waals surface area contributed by atoms with E-state index in [2.05, 4.69) is 0 Å². The number of carbonyl (C=O) groups excluding carboxylic acids is 2. The number of benzene rings is 4. The third-order valence-electron chi connectivity index (χ3n) is 7.92. The van der Waals surface area contributed by atoms with Crippen LogP contribution in [0.5, 0.6) is 11.5 Å². The van der Waals surface area contributed by atoms with Crippen LogP contribution in [-0.4, -0.2) is 35.4 Å². The van der Waals surface area contributed by atoms with Gasteiger partial charge in [0, 0.05) is 25.7 Å². The fraction of sp³-hybridized carbons (Fsp3) is 0.278. The Balaban J connectivity index is 1.69. The minimum absolute atomic E-state index is 0.0992. The molecule has 0 atom stereocenters. The first-order valence-corrected chi connectivity index (χ1v) is 14.5. The topological polar surface area (TPSA) is 93.1 Å². The molecule has 8 bridgehead atoms. The molecule has 0 saturated heterocycles. The molecule has 6 nitrogen and oxygen atoms in total. The molecule has 0 aliphatic heterocycles. The Hall–Kier alpha value is -4.58. The van der Waals surface area contributed by atoms with E-state index in [-0.39, 0.29) is 36.3 Å². The molecule has 0 radical (unpaired) electrons. The third kappa shape index (κ3) is 6.33. The number of phenols is 2. The smallest absolute Gasteiger partial charge is 0.310 e. The Morgan fingerprint density at radius 2 is 0.786 bits per heavy atom. The van der Waals surface area contributed by atoms with E-state index in [9.17, 15) is 19.8 Å². The Bertz CT molecular complexity index is 1410. The van der Waals surface area contributed by atoms with Crippen LogP contribution >= 0.6 is 0 Å². The van der Waals surface area contributed by atoms with E-state index in [0.717, 1.165) is 55.6 Å². The summed E-state index contributed by atoms with van der Waals surface area (Å²) in [5.74, 6) is -0.229. The number of ether oxygens (including phenoxy) is 2. The predicted octanol–water partition coefficient (Wildman–Crippen LogP) is 5.99. The van der Waals surface area contributed by atoms with Gasteiger partial charge in [0.1, 0.15) is 11.5 Å². The van der Waals surface area contributed by atoms with Crippen LogP contribution in [0.15, 0.2) is 72.8 Å².